The second-order valence-electron chi connectivity index (χ2n) is 20.8. The third kappa shape index (κ3) is 7.71. The first-order valence-electron chi connectivity index (χ1n) is 27.3. The van der Waals surface area contributed by atoms with Crippen LogP contribution >= 0.6 is 0 Å². The molecule has 0 aliphatic heterocycles. The molecule has 0 atom stereocenters. The molecule has 1 aliphatic rings. The van der Waals surface area contributed by atoms with Crippen LogP contribution < -0.4 is 4.90 Å². The number of hydrogen-bond donors (Lipinski definition) is 0. The van der Waals surface area contributed by atoms with Gasteiger partial charge in [0.25, 0.3) is 0 Å². The van der Waals surface area contributed by atoms with Crippen molar-refractivity contribution in [3.8, 4) is 61.3 Å². The molecule has 13 aromatic carbocycles. The van der Waals surface area contributed by atoms with Crippen molar-refractivity contribution in [1.82, 2.24) is 4.57 Å². The summed E-state index contributed by atoms with van der Waals surface area (Å²) in [7, 11) is 0. The topological polar surface area (TPSA) is 8.17 Å². The van der Waals surface area contributed by atoms with Crippen molar-refractivity contribution >= 4 is 49.6 Å². The number of nitrogens with zero attached hydrogens (tertiary/aromatic N) is 2. The number of hydrogen-bond acceptors (Lipinski definition) is 1. The van der Waals surface area contributed by atoms with E-state index >= 15 is 0 Å². The van der Waals surface area contributed by atoms with E-state index in [4.69, 9.17) is 0 Å². The number of para-hydroxylation sites is 3. The Morgan fingerprint density at radius 1 is 0.266 bits per heavy atom. The molecular weight excluding hydrogens is 953 g/mol. The van der Waals surface area contributed by atoms with Gasteiger partial charge in [-0.05, 0) is 156 Å². The zero-order valence-corrected chi connectivity index (χ0v) is 43.4. The fourth-order valence-corrected chi connectivity index (χ4v) is 12.8. The maximum absolute atomic E-state index is 2.47. The SMILES string of the molecule is c1ccc(-c2ccc(-c3cc(-c4ccc5ccccc5c4)cc(-n4c5ccccc5c5cc(-c6ccccc6N(c6ccccc6)c6ccc7c(c6)C(c6ccccc6)(c6ccccc6)c6ccccc6-7)ccc54)c3)cc2)cc1. The van der Waals surface area contributed by atoms with E-state index in [0.29, 0.717) is 0 Å². The standard InChI is InChI=1S/C77H52N2/c1-5-21-53(22-6-1)55-37-39-56(40-38-55)60-48-61(58-42-41-54-23-13-14-24-57(54)47-58)50-66(49-60)79-75-36-20-17-33-70(75)71-51-59(43-46-76(71)79)67-31-16-19-35-74(67)78(64-29-11-4-12-30-64)65-44-45-69-68-32-15-18-34-72(68)77(73(69)52-65,62-25-7-2-8-26-62)63-27-9-3-10-28-63/h1-52H. The van der Waals surface area contributed by atoms with E-state index in [0.717, 1.165) is 50.5 Å². The molecule has 79 heavy (non-hydrogen) atoms. The molecule has 0 unspecified atom stereocenters. The maximum Gasteiger partial charge on any atom is 0.0714 e. The van der Waals surface area contributed by atoms with E-state index in [2.05, 4.69) is 325 Å². The number of aromatic nitrogens is 1. The third-order valence-electron chi connectivity index (χ3n) is 16.4. The molecule has 0 fully saturated rings. The average molecular weight is 1010 g/mol. The molecule has 0 amide bonds. The molecule has 2 heteroatoms. The van der Waals surface area contributed by atoms with Gasteiger partial charge in [0.1, 0.15) is 0 Å². The Balaban J connectivity index is 0.898. The average Bonchev–Trinajstić information content (AvgIpc) is 3.84. The van der Waals surface area contributed by atoms with Crippen LogP contribution in [0.15, 0.2) is 315 Å². The van der Waals surface area contributed by atoms with Crippen LogP contribution in [0.4, 0.5) is 17.1 Å². The summed E-state index contributed by atoms with van der Waals surface area (Å²) < 4.78 is 2.47. The van der Waals surface area contributed by atoms with Crippen LogP contribution in [-0.4, -0.2) is 4.57 Å². The quantitative estimate of drug-likeness (QED) is 0.133. The largest absolute Gasteiger partial charge is 0.310 e. The van der Waals surface area contributed by atoms with Gasteiger partial charge in [0.05, 0.1) is 22.1 Å². The first kappa shape index (κ1) is 46.1. The molecule has 0 spiro atoms. The molecule has 1 aromatic heterocycles. The van der Waals surface area contributed by atoms with Gasteiger partial charge < -0.3 is 9.47 Å². The highest BCUT2D eigenvalue weighted by Gasteiger charge is 2.46. The van der Waals surface area contributed by atoms with Crippen LogP contribution in [0.3, 0.4) is 0 Å². The number of benzene rings is 13. The van der Waals surface area contributed by atoms with Gasteiger partial charge in [-0.3, -0.25) is 0 Å². The molecule has 1 aliphatic carbocycles. The molecule has 0 saturated heterocycles. The smallest absolute Gasteiger partial charge is 0.0714 e. The summed E-state index contributed by atoms with van der Waals surface area (Å²) in [5.74, 6) is 0. The Hall–Kier alpha value is -10.3. The van der Waals surface area contributed by atoms with Crippen LogP contribution in [0.5, 0.6) is 0 Å². The van der Waals surface area contributed by atoms with E-state index in [9.17, 15) is 0 Å². The number of rotatable bonds is 10. The van der Waals surface area contributed by atoms with Crippen molar-refractivity contribution in [2.75, 3.05) is 4.90 Å². The fraction of sp³-hybridized carbons (Fsp3) is 0.0130. The Morgan fingerprint density at radius 2 is 0.797 bits per heavy atom. The minimum atomic E-state index is -0.533. The predicted octanol–water partition coefficient (Wildman–Crippen LogP) is 20.4. The third-order valence-corrected chi connectivity index (χ3v) is 16.4. The Morgan fingerprint density at radius 3 is 1.54 bits per heavy atom. The second kappa shape index (κ2) is 19.1. The molecule has 14 aromatic rings. The highest BCUT2D eigenvalue weighted by atomic mass is 15.1. The Labute approximate surface area is 461 Å². The zero-order valence-electron chi connectivity index (χ0n) is 43.4. The predicted molar refractivity (Wildman–Crippen MR) is 332 cm³/mol. The van der Waals surface area contributed by atoms with Crippen molar-refractivity contribution < 1.29 is 0 Å². The molecule has 370 valence electrons. The number of anilines is 3. The van der Waals surface area contributed by atoms with Gasteiger partial charge in [0.2, 0.25) is 0 Å². The van der Waals surface area contributed by atoms with Gasteiger partial charge in [-0.1, -0.05) is 243 Å². The highest BCUT2D eigenvalue weighted by molar-refractivity contribution is 6.11. The summed E-state index contributed by atoms with van der Waals surface area (Å²) in [5.41, 5.74) is 23.2. The van der Waals surface area contributed by atoms with Gasteiger partial charge in [0.15, 0.2) is 0 Å². The van der Waals surface area contributed by atoms with Gasteiger partial charge in [0, 0.05) is 33.4 Å². The Kier molecular flexibility index (Phi) is 11.1. The first-order chi connectivity index (χ1) is 39.2. The molecule has 2 nitrogen and oxygen atoms in total. The van der Waals surface area contributed by atoms with Crippen molar-refractivity contribution in [3.63, 3.8) is 0 Å². The van der Waals surface area contributed by atoms with E-state index in [1.165, 1.54) is 82.7 Å². The summed E-state index contributed by atoms with van der Waals surface area (Å²) in [4.78, 5) is 2.46. The van der Waals surface area contributed by atoms with Crippen molar-refractivity contribution in [2.24, 2.45) is 0 Å². The summed E-state index contributed by atoms with van der Waals surface area (Å²) >= 11 is 0. The van der Waals surface area contributed by atoms with Crippen LogP contribution in [0.2, 0.25) is 0 Å². The summed E-state index contributed by atoms with van der Waals surface area (Å²) in [6.45, 7) is 0. The molecule has 15 rings (SSSR count). The molecule has 0 radical (unpaired) electrons. The van der Waals surface area contributed by atoms with Crippen molar-refractivity contribution in [2.45, 2.75) is 5.41 Å². The first-order valence-corrected chi connectivity index (χ1v) is 27.3. The van der Waals surface area contributed by atoms with Gasteiger partial charge in [-0.25, -0.2) is 0 Å². The number of fused-ring (bicyclic) bond motifs is 7. The van der Waals surface area contributed by atoms with Gasteiger partial charge in [-0.2, -0.15) is 0 Å². The highest BCUT2D eigenvalue weighted by Crippen LogP contribution is 2.57. The normalized spacial score (nSPS) is 12.4. The minimum Gasteiger partial charge on any atom is -0.310 e. The molecule has 0 bridgehead atoms. The van der Waals surface area contributed by atoms with Gasteiger partial charge >= 0.3 is 0 Å². The Bertz CT molecular complexity index is 4540. The summed E-state index contributed by atoms with van der Waals surface area (Å²) in [6, 6.07) is 116. The van der Waals surface area contributed by atoms with E-state index in [1.807, 2.05) is 0 Å². The van der Waals surface area contributed by atoms with Crippen LogP contribution in [-0.2, 0) is 5.41 Å². The molecule has 1 heterocycles. The second-order valence-corrected chi connectivity index (χ2v) is 20.8. The maximum atomic E-state index is 2.47. The molecule has 0 saturated carbocycles. The van der Waals surface area contributed by atoms with E-state index < -0.39 is 5.41 Å². The van der Waals surface area contributed by atoms with E-state index in [1.54, 1.807) is 0 Å². The monoisotopic (exact) mass is 1000 g/mol. The molecular formula is C77H52N2. The lowest BCUT2D eigenvalue weighted by Crippen LogP contribution is -2.28. The van der Waals surface area contributed by atoms with Crippen molar-refractivity contribution in [3.05, 3.63) is 338 Å². The molecule has 0 N–H and O–H groups in total. The van der Waals surface area contributed by atoms with E-state index in [-0.39, 0.29) is 0 Å². The lowest BCUT2D eigenvalue weighted by atomic mass is 9.67. The summed E-state index contributed by atoms with van der Waals surface area (Å²) in [6.07, 6.45) is 0. The van der Waals surface area contributed by atoms with Crippen molar-refractivity contribution in [1.29, 1.82) is 0 Å². The lowest BCUT2D eigenvalue weighted by molar-refractivity contribution is 0.768. The zero-order chi connectivity index (χ0) is 52.3. The minimum absolute atomic E-state index is 0.533. The fourth-order valence-electron chi connectivity index (χ4n) is 12.8. The lowest BCUT2D eigenvalue weighted by Gasteiger charge is -2.35. The summed E-state index contributed by atoms with van der Waals surface area (Å²) in [5, 5.41) is 4.86. The van der Waals surface area contributed by atoms with Gasteiger partial charge in [-0.15, -0.1) is 0 Å². The van der Waals surface area contributed by atoms with Crippen LogP contribution in [0, 0.1) is 0 Å². The van der Waals surface area contributed by atoms with Crippen LogP contribution in [0.25, 0.3) is 93.9 Å². The van der Waals surface area contributed by atoms with Crippen LogP contribution in [0.1, 0.15) is 22.3 Å².